The van der Waals surface area contributed by atoms with Crippen LogP contribution in [0.3, 0.4) is 0 Å². The number of carbonyl (C=O) groups excluding carboxylic acids is 1. The zero-order valence-electron chi connectivity index (χ0n) is 11.8. The topological polar surface area (TPSA) is 64.3 Å². The van der Waals surface area contributed by atoms with Gasteiger partial charge in [-0.1, -0.05) is 32.0 Å². The van der Waals surface area contributed by atoms with E-state index in [1.165, 1.54) is 11.3 Å². The van der Waals surface area contributed by atoms with Crippen LogP contribution in [0.25, 0.3) is 10.1 Å². The van der Waals surface area contributed by atoms with E-state index in [9.17, 15) is 4.79 Å². The first-order chi connectivity index (χ1) is 9.63. The van der Waals surface area contributed by atoms with Crippen molar-refractivity contribution in [3.8, 4) is 0 Å². The highest BCUT2D eigenvalue weighted by Crippen LogP contribution is 2.31. The van der Waals surface area contributed by atoms with E-state index >= 15 is 0 Å². The van der Waals surface area contributed by atoms with E-state index in [0.717, 1.165) is 22.1 Å². The summed E-state index contributed by atoms with van der Waals surface area (Å²) in [5.74, 6) is 5.61. The van der Waals surface area contributed by atoms with Crippen LogP contribution in [0.15, 0.2) is 24.3 Å². The van der Waals surface area contributed by atoms with Gasteiger partial charge in [-0.25, -0.2) is 5.84 Å². The van der Waals surface area contributed by atoms with Crippen LogP contribution in [-0.4, -0.2) is 12.5 Å². The molecule has 0 bridgehead atoms. The van der Waals surface area contributed by atoms with Crippen molar-refractivity contribution in [2.75, 3.05) is 6.61 Å². The predicted octanol–water partition coefficient (Wildman–Crippen LogP) is 3.07. The molecule has 0 fully saturated rings. The molecule has 1 heterocycles. The van der Waals surface area contributed by atoms with E-state index in [1.807, 2.05) is 24.3 Å². The van der Waals surface area contributed by atoms with Crippen molar-refractivity contribution in [2.45, 2.75) is 26.9 Å². The molecule has 1 aromatic heterocycles. The van der Waals surface area contributed by atoms with Gasteiger partial charge in [-0.05, 0) is 23.8 Å². The molecule has 4 nitrogen and oxygen atoms in total. The first kappa shape index (κ1) is 15.0. The number of rotatable bonds is 6. The van der Waals surface area contributed by atoms with Gasteiger partial charge in [-0.2, -0.15) is 0 Å². The SMILES string of the molecule is CC(C)CCOCc1c(C(=O)NN)sc2ccccc12. The number of carbonyl (C=O) groups is 1. The maximum atomic E-state index is 11.9. The standard InChI is InChI=1S/C15H20N2O2S/c1-10(2)7-8-19-9-12-11-5-3-4-6-13(11)20-14(12)15(18)17-16/h3-6,10H,7-9,16H2,1-2H3,(H,17,18). The van der Waals surface area contributed by atoms with Crippen LogP contribution in [0.4, 0.5) is 0 Å². The minimum absolute atomic E-state index is 0.256. The molecule has 0 atom stereocenters. The molecule has 3 N–H and O–H groups in total. The van der Waals surface area contributed by atoms with Crippen molar-refractivity contribution in [3.05, 3.63) is 34.7 Å². The number of hydrazine groups is 1. The number of hydrogen-bond donors (Lipinski definition) is 2. The number of nitrogen functional groups attached to an aromatic ring is 1. The summed E-state index contributed by atoms with van der Waals surface area (Å²) in [7, 11) is 0. The van der Waals surface area contributed by atoms with Crippen molar-refractivity contribution in [3.63, 3.8) is 0 Å². The molecule has 1 aromatic carbocycles. The van der Waals surface area contributed by atoms with Crippen LogP contribution in [0.5, 0.6) is 0 Å². The Morgan fingerprint density at radius 1 is 1.40 bits per heavy atom. The largest absolute Gasteiger partial charge is 0.377 e. The molecule has 108 valence electrons. The van der Waals surface area contributed by atoms with Crippen molar-refractivity contribution >= 4 is 27.3 Å². The van der Waals surface area contributed by atoms with Crippen LogP contribution in [-0.2, 0) is 11.3 Å². The lowest BCUT2D eigenvalue weighted by Gasteiger charge is -2.07. The molecule has 0 saturated heterocycles. The summed E-state index contributed by atoms with van der Waals surface area (Å²) in [6.45, 7) is 5.47. The third-order valence-corrected chi connectivity index (χ3v) is 4.33. The van der Waals surface area contributed by atoms with E-state index in [1.54, 1.807) is 0 Å². The molecule has 20 heavy (non-hydrogen) atoms. The van der Waals surface area contributed by atoms with E-state index in [2.05, 4.69) is 19.3 Å². The minimum atomic E-state index is -0.256. The maximum Gasteiger partial charge on any atom is 0.275 e. The van der Waals surface area contributed by atoms with Gasteiger partial charge in [0.1, 0.15) is 0 Å². The van der Waals surface area contributed by atoms with Gasteiger partial charge in [0.05, 0.1) is 11.5 Å². The summed E-state index contributed by atoms with van der Waals surface area (Å²) in [5, 5.41) is 1.07. The number of nitrogens with one attached hydrogen (secondary N) is 1. The molecule has 0 radical (unpaired) electrons. The molecular formula is C15H20N2O2S. The molecule has 2 aromatic rings. The van der Waals surface area contributed by atoms with Gasteiger partial charge >= 0.3 is 0 Å². The second-order valence-corrected chi connectivity index (χ2v) is 6.17. The molecular weight excluding hydrogens is 272 g/mol. The fourth-order valence-electron chi connectivity index (χ4n) is 1.98. The highest BCUT2D eigenvalue weighted by atomic mass is 32.1. The van der Waals surface area contributed by atoms with Gasteiger partial charge < -0.3 is 4.74 Å². The Morgan fingerprint density at radius 2 is 2.15 bits per heavy atom. The predicted molar refractivity (Wildman–Crippen MR) is 82.6 cm³/mol. The number of nitrogens with two attached hydrogens (primary N) is 1. The Hall–Kier alpha value is -1.43. The molecule has 1 amide bonds. The summed E-state index contributed by atoms with van der Waals surface area (Å²) in [6.07, 6.45) is 1.01. The van der Waals surface area contributed by atoms with Gasteiger partial charge in [-0.15, -0.1) is 11.3 Å². The minimum Gasteiger partial charge on any atom is -0.377 e. The van der Waals surface area contributed by atoms with Crippen LogP contribution in [0.1, 0.15) is 35.5 Å². The molecule has 0 aliphatic carbocycles. The smallest absolute Gasteiger partial charge is 0.275 e. The molecule has 0 aliphatic heterocycles. The average molecular weight is 292 g/mol. The van der Waals surface area contributed by atoms with E-state index in [0.29, 0.717) is 24.0 Å². The second-order valence-electron chi connectivity index (χ2n) is 5.11. The molecule has 0 spiro atoms. The second kappa shape index (κ2) is 6.83. The lowest BCUT2D eigenvalue weighted by atomic mass is 10.1. The fraction of sp³-hybridized carbons (Fsp3) is 0.400. The first-order valence-electron chi connectivity index (χ1n) is 6.72. The molecule has 0 unspecified atom stereocenters. The number of ether oxygens (including phenoxy) is 1. The summed E-state index contributed by atoms with van der Waals surface area (Å²) >= 11 is 1.45. The lowest BCUT2D eigenvalue weighted by Crippen LogP contribution is -2.30. The highest BCUT2D eigenvalue weighted by Gasteiger charge is 2.17. The zero-order chi connectivity index (χ0) is 14.5. The Morgan fingerprint density at radius 3 is 2.85 bits per heavy atom. The van der Waals surface area contributed by atoms with Crippen LogP contribution in [0.2, 0.25) is 0 Å². The van der Waals surface area contributed by atoms with E-state index < -0.39 is 0 Å². The fourth-order valence-corrected chi connectivity index (χ4v) is 3.10. The summed E-state index contributed by atoms with van der Waals surface area (Å²) in [6, 6.07) is 7.95. The van der Waals surface area contributed by atoms with Crippen molar-refractivity contribution in [1.82, 2.24) is 5.43 Å². The molecule has 2 rings (SSSR count). The van der Waals surface area contributed by atoms with Crippen LogP contribution in [0, 0.1) is 5.92 Å². The number of amides is 1. The monoisotopic (exact) mass is 292 g/mol. The number of fused-ring (bicyclic) bond motifs is 1. The Kier molecular flexibility index (Phi) is 5.11. The average Bonchev–Trinajstić information content (AvgIpc) is 2.81. The van der Waals surface area contributed by atoms with Crippen molar-refractivity contribution in [1.29, 1.82) is 0 Å². The van der Waals surface area contributed by atoms with Crippen molar-refractivity contribution in [2.24, 2.45) is 11.8 Å². The third-order valence-electron chi connectivity index (χ3n) is 3.12. The Balaban J connectivity index is 2.22. The van der Waals surface area contributed by atoms with E-state index in [-0.39, 0.29) is 5.91 Å². The number of benzene rings is 1. The maximum absolute atomic E-state index is 11.9. The van der Waals surface area contributed by atoms with Gasteiger partial charge in [0.2, 0.25) is 0 Å². The first-order valence-corrected chi connectivity index (χ1v) is 7.54. The van der Waals surface area contributed by atoms with Gasteiger partial charge in [0, 0.05) is 16.9 Å². The zero-order valence-corrected chi connectivity index (χ0v) is 12.6. The molecule has 5 heteroatoms. The summed E-state index contributed by atoms with van der Waals surface area (Å²) < 4.78 is 6.80. The Bertz CT molecular complexity index is 593. The summed E-state index contributed by atoms with van der Waals surface area (Å²) in [5.41, 5.74) is 3.14. The third kappa shape index (κ3) is 3.36. The van der Waals surface area contributed by atoms with Crippen molar-refractivity contribution < 1.29 is 9.53 Å². The summed E-state index contributed by atoms with van der Waals surface area (Å²) in [4.78, 5) is 12.5. The van der Waals surface area contributed by atoms with E-state index in [4.69, 9.17) is 10.6 Å². The molecule has 0 aliphatic rings. The quantitative estimate of drug-likeness (QED) is 0.372. The van der Waals surface area contributed by atoms with Crippen LogP contribution >= 0.6 is 11.3 Å². The number of hydrogen-bond acceptors (Lipinski definition) is 4. The van der Waals surface area contributed by atoms with Crippen LogP contribution < -0.4 is 11.3 Å². The highest BCUT2D eigenvalue weighted by molar-refractivity contribution is 7.21. The van der Waals surface area contributed by atoms with Gasteiger partial charge in [-0.3, -0.25) is 10.2 Å². The normalized spacial score (nSPS) is 11.2. The number of thiophene rings is 1. The van der Waals surface area contributed by atoms with Gasteiger partial charge in [0.15, 0.2) is 0 Å². The Labute approximate surface area is 122 Å². The van der Waals surface area contributed by atoms with Gasteiger partial charge in [0.25, 0.3) is 5.91 Å². The lowest BCUT2D eigenvalue weighted by molar-refractivity contribution is 0.0939. The molecule has 0 saturated carbocycles.